The van der Waals surface area contributed by atoms with Gasteiger partial charge in [-0.25, -0.2) is 0 Å². The minimum Gasteiger partial charge on any atom is -0.270 e. The van der Waals surface area contributed by atoms with Gasteiger partial charge in [-0.2, -0.15) is 10.4 Å². The number of hydrogen-bond acceptors (Lipinski definition) is 2. The van der Waals surface area contributed by atoms with Crippen molar-refractivity contribution in [2.45, 2.75) is 6.54 Å². The summed E-state index contributed by atoms with van der Waals surface area (Å²) in [6, 6.07) is 1.98. The molecule has 1 aromatic rings. The summed E-state index contributed by atoms with van der Waals surface area (Å²) in [5.41, 5.74) is 0.574. The molecule has 3 nitrogen and oxygen atoms in total. The van der Waals surface area contributed by atoms with Crippen LogP contribution in [0.3, 0.4) is 0 Å². The van der Waals surface area contributed by atoms with Crippen molar-refractivity contribution in [2.24, 2.45) is 0 Å². The van der Waals surface area contributed by atoms with Crippen LogP contribution < -0.4 is 0 Å². The van der Waals surface area contributed by atoms with Crippen molar-refractivity contribution in [3.8, 4) is 6.07 Å². The minimum absolute atomic E-state index is 0.520. The maximum absolute atomic E-state index is 8.38. The summed E-state index contributed by atoms with van der Waals surface area (Å²) >= 11 is 5.44. The molecule has 1 rings (SSSR count). The Kier molecular flexibility index (Phi) is 2.30. The molecule has 0 saturated carbocycles. The average molecular weight is 156 g/mol. The summed E-state index contributed by atoms with van der Waals surface area (Å²) in [7, 11) is 0. The standard InChI is InChI=1S/C6H6ClN3/c7-1-2-10-5-6(3-8)4-9-10/h4-5H,1-2H2. The van der Waals surface area contributed by atoms with E-state index in [1.807, 2.05) is 6.07 Å². The van der Waals surface area contributed by atoms with Crippen LogP contribution >= 0.6 is 11.6 Å². The first-order valence-electron chi connectivity index (χ1n) is 2.85. The van der Waals surface area contributed by atoms with Gasteiger partial charge in [-0.15, -0.1) is 11.6 Å². The van der Waals surface area contributed by atoms with Crippen LogP contribution in [0.1, 0.15) is 5.56 Å². The van der Waals surface area contributed by atoms with Crippen LogP contribution in [0.5, 0.6) is 0 Å². The highest BCUT2D eigenvalue weighted by atomic mass is 35.5. The Labute approximate surface area is 63.8 Å². The van der Waals surface area contributed by atoms with Crippen LogP contribution in [0.25, 0.3) is 0 Å². The van der Waals surface area contributed by atoms with Crippen LogP contribution in [0.4, 0.5) is 0 Å². The van der Waals surface area contributed by atoms with E-state index in [4.69, 9.17) is 16.9 Å². The maximum Gasteiger partial charge on any atom is 0.102 e. The van der Waals surface area contributed by atoms with Crippen molar-refractivity contribution in [1.82, 2.24) is 9.78 Å². The van der Waals surface area contributed by atoms with E-state index in [1.165, 1.54) is 6.20 Å². The maximum atomic E-state index is 8.38. The van der Waals surface area contributed by atoms with E-state index in [1.54, 1.807) is 10.9 Å². The van der Waals surface area contributed by atoms with Crippen molar-refractivity contribution in [1.29, 1.82) is 5.26 Å². The third kappa shape index (κ3) is 1.49. The van der Waals surface area contributed by atoms with Gasteiger partial charge in [-0.3, -0.25) is 4.68 Å². The fourth-order valence-corrected chi connectivity index (χ4v) is 0.803. The molecule has 0 N–H and O–H groups in total. The predicted molar refractivity (Wildman–Crippen MR) is 37.7 cm³/mol. The van der Waals surface area contributed by atoms with Gasteiger partial charge >= 0.3 is 0 Å². The van der Waals surface area contributed by atoms with Gasteiger partial charge < -0.3 is 0 Å². The molecule has 0 unspecified atom stereocenters. The molecule has 52 valence electrons. The SMILES string of the molecule is N#Cc1cnn(CCCl)c1. The Morgan fingerprint density at radius 1 is 1.80 bits per heavy atom. The summed E-state index contributed by atoms with van der Waals surface area (Å²) in [5.74, 6) is 0.520. The second kappa shape index (κ2) is 3.23. The first-order chi connectivity index (χ1) is 4.86. The van der Waals surface area contributed by atoms with Gasteiger partial charge in [0.1, 0.15) is 6.07 Å². The first kappa shape index (κ1) is 7.10. The number of halogens is 1. The molecule has 0 aliphatic heterocycles. The van der Waals surface area contributed by atoms with Gasteiger partial charge in [0.05, 0.1) is 18.3 Å². The quantitative estimate of drug-likeness (QED) is 0.598. The highest BCUT2D eigenvalue weighted by Gasteiger charge is 1.93. The molecule has 0 atom stereocenters. The Morgan fingerprint density at radius 3 is 3.10 bits per heavy atom. The van der Waals surface area contributed by atoms with Gasteiger partial charge in [0, 0.05) is 12.1 Å². The number of nitriles is 1. The largest absolute Gasteiger partial charge is 0.270 e. The van der Waals surface area contributed by atoms with Crippen molar-refractivity contribution < 1.29 is 0 Å². The van der Waals surface area contributed by atoms with Crippen LogP contribution in [0, 0.1) is 11.3 Å². The molecule has 0 aromatic carbocycles. The second-order valence-corrected chi connectivity index (χ2v) is 2.17. The van der Waals surface area contributed by atoms with Gasteiger partial charge in [-0.05, 0) is 0 Å². The fourth-order valence-electron chi connectivity index (χ4n) is 0.630. The van der Waals surface area contributed by atoms with E-state index < -0.39 is 0 Å². The van der Waals surface area contributed by atoms with Gasteiger partial charge in [-0.1, -0.05) is 0 Å². The van der Waals surface area contributed by atoms with Crippen LogP contribution in [-0.2, 0) is 6.54 Å². The molecule has 4 heteroatoms. The van der Waals surface area contributed by atoms with Gasteiger partial charge in [0.2, 0.25) is 0 Å². The molecule has 1 aromatic heterocycles. The molecular formula is C6H6ClN3. The molecule has 0 fully saturated rings. The highest BCUT2D eigenvalue weighted by Crippen LogP contribution is 1.94. The van der Waals surface area contributed by atoms with Gasteiger partial charge in [0.15, 0.2) is 0 Å². The molecule has 0 radical (unpaired) electrons. The topological polar surface area (TPSA) is 41.6 Å². The first-order valence-corrected chi connectivity index (χ1v) is 3.39. The van der Waals surface area contributed by atoms with E-state index in [2.05, 4.69) is 5.10 Å². The molecule has 10 heavy (non-hydrogen) atoms. The molecule has 0 amide bonds. The number of aryl methyl sites for hydroxylation is 1. The molecule has 1 heterocycles. The predicted octanol–water partition coefficient (Wildman–Crippen LogP) is 0.994. The summed E-state index contributed by atoms with van der Waals surface area (Å²) < 4.78 is 1.64. The molecule has 0 aliphatic carbocycles. The molecule has 0 spiro atoms. The van der Waals surface area contributed by atoms with E-state index in [9.17, 15) is 0 Å². The van der Waals surface area contributed by atoms with Crippen LogP contribution in [0.2, 0.25) is 0 Å². The summed E-state index contributed by atoms with van der Waals surface area (Å²) in [5, 5.41) is 12.3. The third-order valence-electron chi connectivity index (χ3n) is 1.08. The van der Waals surface area contributed by atoms with Crippen molar-refractivity contribution in [3.05, 3.63) is 18.0 Å². The lowest BCUT2D eigenvalue weighted by molar-refractivity contribution is 0.664. The Hall–Kier alpha value is -1.01. The van der Waals surface area contributed by atoms with Crippen molar-refractivity contribution in [2.75, 3.05) is 5.88 Å². The van der Waals surface area contributed by atoms with Crippen molar-refractivity contribution >= 4 is 11.6 Å². The Balaban J connectivity index is 2.71. The molecule has 0 saturated heterocycles. The average Bonchev–Trinajstić information content (AvgIpc) is 2.37. The fraction of sp³-hybridized carbons (Fsp3) is 0.333. The molecular weight excluding hydrogens is 150 g/mol. The zero-order chi connectivity index (χ0) is 7.40. The minimum atomic E-state index is 0.520. The number of hydrogen-bond donors (Lipinski definition) is 0. The normalized spacial score (nSPS) is 9.20. The highest BCUT2D eigenvalue weighted by molar-refractivity contribution is 6.17. The monoisotopic (exact) mass is 155 g/mol. The lowest BCUT2D eigenvalue weighted by Crippen LogP contribution is -1.98. The number of nitrogens with zero attached hydrogens (tertiary/aromatic N) is 3. The number of alkyl halides is 1. The number of aromatic nitrogens is 2. The van der Waals surface area contributed by atoms with Crippen molar-refractivity contribution in [3.63, 3.8) is 0 Å². The van der Waals surface area contributed by atoms with Crippen LogP contribution in [0.15, 0.2) is 12.4 Å². The van der Waals surface area contributed by atoms with Gasteiger partial charge in [0.25, 0.3) is 0 Å². The lowest BCUT2D eigenvalue weighted by atomic mass is 10.4. The number of rotatable bonds is 2. The smallest absolute Gasteiger partial charge is 0.102 e. The zero-order valence-corrected chi connectivity index (χ0v) is 6.04. The van der Waals surface area contributed by atoms with Crippen LogP contribution in [-0.4, -0.2) is 15.7 Å². The third-order valence-corrected chi connectivity index (χ3v) is 1.24. The summed E-state index contributed by atoms with van der Waals surface area (Å²) in [6.07, 6.45) is 3.19. The Bertz CT molecular complexity index is 248. The lowest BCUT2D eigenvalue weighted by Gasteiger charge is -1.91. The molecule has 0 aliphatic rings. The molecule has 0 bridgehead atoms. The van der Waals surface area contributed by atoms with E-state index in [0.29, 0.717) is 18.0 Å². The van der Waals surface area contributed by atoms with E-state index >= 15 is 0 Å². The zero-order valence-electron chi connectivity index (χ0n) is 5.29. The summed E-state index contributed by atoms with van der Waals surface area (Å²) in [6.45, 7) is 0.656. The van der Waals surface area contributed by atoms with E-state index in [0.717, 1.165) is 0 Å². The second-order valence-electron chi connectivity index (χ2n) is 1.79. The Morgan fingerprint density at radius 2 is 2.60 bits per heavy atom. The summed E-state index contributed by atoms with van der Waals surface area (Å²) in [4.78, 5) is 0. The van der Waals surface area contributed by atoms with E-state index in [-0.39, 0.29) is 0 Å².